The second kappa shape index (κ2) is 23.3. The molecular formula is C46H41Cl5N8O7. The Morgan fingerprint density at radius 1 is 0.515 bits per heavy atom. The van der Waals surface area contributed by atoms with Crippen molar-refractivity contribution in [3.05, 3.63) is 135 Å². The lowest BCUT2D eigenvalue weighted by Gasteiger charge is -2.17. The standard InChI is InChI=1S/C46H41Cl5N8O7/c1-23(47)28-6-10-30(11-7-28)52-43(62)35-20-33(14-17-37(35)50)56-58-41(25(3)60)45(64)54-32-16-19-39(40(22-32)66-27(5)49)55-46(65)42(26(4)61)59-57-34-15-18-38(51)36(21-34)44(63)53-31-12-8-29(9-13-31)24(2)48/h6-24,27,41-42H,1-5H3,(H,52,62)(H,53,63)(H,54,64)(H,55,65). The van der Waals surface area contributed by atoms with E-state index in [1.54, 1.807) is 48.5 Å². The van der Waals surface area contributed by atoms with Gasteiger partial charge in [-0.25, -0.2) is 0 Å². The molecule has 5 rings (SSSR count). The summed E-state index contributed by atoms with van der Waals surface area (Å²) in [6.45, 7) is 7.45. The molecule has 0 saturated carbocycles. The van der Waals surface area contributed by atoms with E-state index in [1.807, 2.05) is 13.8 Å². The highest BCUT2D eigenvalue weighted by Gasteiger charge is 2.27. The van der Waals surface area contributed by atoms with E-state index in [1.165, 1.54) is 61.5 Å². The lowest BCUT2D eigenvalue weighted by molar-refractivity contribution is -0.127. The number of halogens is 5. The van der Waals surface area contributed by atoms with E-state index in [0.29, 0.717) is 11.4 Å². The molecule has 0 aromatic heterocycles. The molecule has 5 unspecified atom stereocenters. The first-order valence-electron chi connectivity index (χ1n) is 19.9. The zero-order valence-electron chi connectivity index (χ0n) is 35.7. The van der Waals surface area contributed by atoms with Crippen LogP contribution in [-0.2, 0) is 19.2 Å². The highest BCUT2D eigenvalue weighted by Crippen LogP contribution is 2.32. The zero-order valence-corrected chi connectivity index (χ0v) is 39.5. The van der Waals surface area contributed by atoms with E-state index >= 15 is 0 Å². The molecule has 20 heteroatoms. The largest absolute Gasteiger partial charge is 0.473 e. The van der Waals surface area contributed by atoms with Crippen LogP contribution in [-0.4, -0.2) is 52.8 Å². The van der Waals surface area contributed by atoms with Gasteiger partial charge in [-0.3, -0.25) is 28.8 Å². The highest BCUT2D eigenvalue weighted by atomic mass is 35.5. The molecule has 5 aromatic carbocycles. The molecule has 342 valence electrons. The van der Waals surface area contributed by atoms with Crippen molar-refractivity contribution in [1.29, 1.82) is 0 Å². The monoisotopic (exact) mass is 992 g/mol. The normalized spacial score (nSPS) is 13.5. The number of benzene rings is 5. The minimum atomic E-state index is -1.65. The summed E-state index contributed by atoms with van der Waals surface area (Å²) in [5.74, 6) is -4.19. The lowest BCUT2D eigenvalue weighted by Crippen LogP contribution is -2.32. The fourth-order valence-electron chi connectivity index (χ4n) is 5.83. The van der Waals surface area contributed by atoms with Crippen LogP contribution in [0, 0.1) is 0 Å². The molecule has 4 amide bonds. The van der Waals surface area contributed by atoms with Crippen LogP contribution in [0.5, 0.6) is 5.75 Å². The highest BCUT2D eigenvalue weighted by molar-refractivity contribution is 6.35. The van der Waals surface area contributed by atoms with Crippen molar-refractivity contribution in [1.82, 2.24) is 0 Å². The van der Waals surface area contributed by atoms with Gasteiger partial charge in [0.15, 0.2) is 17.1 Å². The molecule has 0 bridgehead atoms. The van der Waals surface area contributed by atoms with E-state index in [-0.39, 0.29) is 60.4 Å². The Balaban J connectivity index is 1.27. The van der Waals surface area contributed by atoms with Crippen LogP contribution in [0.3, 0.4) is 0 Å². The number of azo groups is 2. The van der Waals surface area contributed by atoms with Gasteiger partial charge >= 0.3 is 0 Å². The quantitative estimate of drug-likeness (QED) is 0.0379. The van der Waals surface area contributed by atoms with Crippen LogP contribution in [0.4, 0.5) is 34.1 Å². The number of nitrogens with zero attached hydrogens (tertiary/aromatic N) is 4. The number of rotatable bonds is 18. The van der Waals surface area contributed by atoms with Crippen molar-refractivity contribution in [2.45, 2.75) is 63.0 Å². The third-order valence-electron chi connectivity index (χ3n) is 9.29. The first kappa shape index (κ1) is 50.8. The molecule has 0 aliphatic heterocycles. The predicted molar refractivity (Wildman–Crippen MR) is 258 cm³/mol. The molecule has 0 spiro atoms. The Hall–Kier alpha value is -6.23. The molecule has 5 aromatic rings. The first-order chi connectivity index (χ1) is 31.3. The molecule has 4 N–H and O–H groups in total. The van der Waals surface area contributed by atoms with Crippen molar-refractivity contribution >= 4 is 127 Å². The van der Waals surface area contributed by atoms with Gasteiger partial charge in [0.2, 0.25) is 12.1 Å². The number of anilines is 4. The minimum absolute atomic E-state index is 0.0272. The van der Waals surface area contributed by atoms with Crippen LogP contribution in [0.25, 0.3) is 0 Å². The average Bonchev–Trinajstić information content (AvgIpc) is 3.25. The zero-order chi connectivity index (χ0) is 48.2. The Morgan fingerprint density at radius 2 is 0.924 bits per heavy atom. The molecule has 66 heavy (non-hydrogen) atoms. The summed E-state index contributed by atoms with van der Waals surface area (Å²) in [5.41, 5.74) is 2.33. The number of nitrogens with one attached hydrogen (secondary N) is 4. The van der Waals surface area contributed by atoms with Crippen LogP contribution in [0.2, 0.25) is 10.0 Å². The van der Waals surface area contributed by atoms with E-state index in [2.05, 4.69) is 41.7 Å². The Bertz CT molecular complexity index is 2700. The summed E-state index contributed by atoms with van der Waals surface area (Å²) in [4.78, 5) is 78.4. The third-order valence-corrected chi connectivity index (χ3v) is 10.5. The van der Waals surface area contributed by atoms with Gasteiger partial charge in [-0.2, -0.15) is 20.5 Å². The minimum Gasteiger partial charge on any atom is -0.473 e. The lowest BCUT2D eigenvalue weighted by atomic mass is 10.1. The summed E-state index contributed by atoms with van der Waals surface area (Å²) in [6, 6.07) is 23.2. The molecule has 15 nitrogen and oxygen atoms in total. The molecule has 0 saturated heterocycles. The maximum absolute atomic E-state index is 13.5. The number of carbonyl (C=O) groups excluding carboxylic acids is 6. The molecule has 5 atom stereocenters. The number of hydrogen-bond donors (Lipinski definition) is 4. The predicted octanol–water partition coefficient (Wildman–Crippen LogP) is 12.4. The maximum Gasteiger partial charge on any atom is 0.258 e. The van der Waals surface area contributed by atoms with Gasteiger partial charge in [-0.1, -0.05) is 59.1 Å². The summed E-state index contributed by atoms with van der Waals surface area (Å²) in [5, 5.41) is 26.5. The van der Waals surface area contributed by atoms with Crippen molar-refractivity contribution in [2.24, 2.45) is 20.5 Å². The van der Waals surface area contributed by atoms with Gasteiger partial charge in [0.05, 0.1) is 49.0 Å². The Morgan fingerprint density at radius 3 is 1.32 bits per heavy atom. The summed E-state index contributed by atoms with van der Waals surface area (Å²) in [7, 11) is 0. The average molecular weight is 995 g/mol. The number of Topliss-reactive ketones (excluding diaryl/α,β-unsaturated/α-hetero) is 2. The van der Waals surface area contributed by atoms with Gasteiger partial charge in [0, 0.05) is 23.1 Å². The van der Waals surface area contributed by atoms with Gasteiger partial charge in [0.1, 0.15) is 5.75 Å². The molecule has 0 radical (unpaired) electrons. The fourth-order valence-corrected chi connectivity index (χ4v) is 6.63. The molecule has 0 fully saturated rings. The topological polar surface area (TPSA) is 209 Å². The molecular weight excluding hydrogens is 954 g/mol. The Labute approximate surface area is 404 Å². The number of ketones is 2. The second-order valence-corrected chi connectivity index (χ2v) is 17.3. The van der Waals surface area contributed by atoms with Gasteiger partial charge < -0.3 is 26.0 Å². The Kier molecular flexibility index (Phi) is 17.9. The van der Waals surface area contributed by atoms with Crippen LogP contribution < -0.4 is 26.0 Å². The fraction of sp³-hybridized carbons (Fsp3) is 0.217. The van der Waals surface area contributed by atoms with Crippen LogP contribution >= 0.6 is 58.0 Å². The summed E-state index contributed by atoms with van der Waals surface area (Å²) in [6.07, 6.45) is 0. The SMILES string of the molecule is CC(=O)C(N=Nc1ccc(Cl)c(C(=O)Nc2ccc(C(C)Cl)cc2)c1)C(=O)Nc1ccc(NC(=O)C(N=Nc2ccc(Cl)c(C(=O)Nc3ccc(C(C)Cl)cc3)c2)C(C)=O)c(OC(C)Cl)c1. The van der Waals surface area contributed by atoms with E-state index in [0.717, 1.165) is 25.0 Å². The first-order valence-corrected chi connectivity index (χ1v) is 21.9. The van der Waals surface area contributed by atoms with Gasteiger partial charge in [-0.05, 0) is 119 Å². The summed E-state index contributed by atoms with van der Waals surface area (Å²) < 4.78 is 5.70. The van der Waals surface area contributed by atoms with Gasteiger partial charge in [-0.15, -0.1) is 23.2 Å². The number of amides is 4. The number of ether oxygens (including phenoxy) is 1. The molecule has 0 aliphatic rings. The van der Waals surface area contributed by atoms with Crippen LogP contribution in [0.15, 0.2) is 124 Å². The van der Waals surface area contributed by atoms with E-state index < -0.39 is 52.8 Å². The van der Waals surface area contributed by atoms with Gasteiger partial charge in [0.25, 0.3) is 23.6 Å². The maximum atomic E-state index is 13.5. The van der Waals surface area contributed by atoms with Crippen molar-refractivity contribution in [2.75, 3.05) is 21.3 Å². The van der Waals surface area contributed by atoms with E-state index in [4.69, 9.17) is 62.7 Å². The van der Waals surface area contributed by atoms with Crippen molar-refractivity contribution in [3.8, 4) is 5.75 Å². The van der Waals surface area contributed by atoms with Crippen molar-refractivity contribution in [3.63, 3.8) is 0 Å². The third kappa shape index (κ3) is 14.1. The summed E-state index contributed by atoms with van der Waals surface area (Å²) >= 11 is 31.0. The smallest absolute Gasteiger partial charge is 0.258 e. The van der Waals surface area contributed by atoms with E-state index in [9.17, 15) is 28.8 Å². The van der Waals surface area contributed by atoms with Crippen molar-refractivity contribution < 1.29 is 33.5 Å². The number of carbonyl (C=O) groups is 6. The second-order valence-electron chi connectivity index (χ2n) is 14.5. The number of alkyl halides is 3. The molecule has 0 heterocycles. The molecule has 0 aliphatic carbocycles. The van der Waals surface area contributed by atoms with Crippen LogP contribution in [0.1, 0.15) is 77.2 Å². The number of hydrogen-bond acceptors (Lipinski definition) is 11.